The third-order valence-corrected chi connectivity index (χ3v) is 5.29. The molecule has 1 aromatic heterocycles. The van der Waals surface area contributed by atoms with Crippen molar-refractivity contribution < 1.29 is 24.1 Å². The zero-order valence-electron chi connectivity index (χ0n) is 16.7. The maximum absolute atomic E-state index is 13.7. The number of amides is 1. The molecule has 0 radical (unpaired) electrons. The van der Waals surface area contributed by atoms with Gasteiger partial charge in [0.1, 0.15) is 18.2 Å². The number of halogens is 1. The first-order valence-corrected chi connectivity index (χ1v) is 9.91. The lowest BCUT2D eigenvalue weighted by molar-refractivity contribution is -0.110. The molecule has 3 N–H and O–H groups in total. The Hall–Kier alpha value is -2.81. The van der Waals surface area contributed by atoms with Gasteiger partial charge in [-0.1, -0.05) is 0 Å². The second-order valence-corrected chi connectivity index (χ2v) is 7.64. The number of hydrogen-bond donors (Lipinski definition) is 3. The summed E-state index contributed by atoms with van der Waals surface area (Å²) in [5.74, 6) is -0.286. The third-order valence-electron chi connectivity index (χ3n) is 5.29. The second-order valence-electron chi connectivity index (χ2n) is 7.64. The quantitative estimate of drug-likeness (QED) is 0.599. The molecule has 3 heterocycles. The van der Waals surface area contributed by atoms with E-state index in [0.29, 0.717) is 29.1 Å². The van der Waals surface area contributed by atoms with E-state index in [-0.39, 0.29) is 19.1 Å². The number of aryl methyl sites for hydroxylation is 1. The summed E-state index contributed by atoms with van der Waals surface area (Å²) in [6.45, 7) is 1.21. The number of fused-ring (bicyclic) bond motifs is 2. The predicted octanol–water partition coefficient (Wildman–Crippen LogP) is 1.79. The van der Waals surface area contributed by atoms with Crippen molar-refractivity contribution >= 4 is 22.9 Å². The fourth-order valence-electron chi connectivity index (χ4n) is 3.83. The lowest BCUT2D eigenvalue weighted by Gasteiger charge is -2.19. The molecule has 1 atom stereocenters. The molecule has 8 heteroatoms. The average Bonchev–Trinajstić information content (AvgIpc) is 3.26. The van der Waals surface area contributed by atoms with Crippen LogP contribution in [0.15, 0.2) is 30.3 Å². The summed E-state index contributed by atoms with van der Waals surface area (Å²) in [5.41, 5.74) is 3.84. The van der Waals surface area contributed by atoms with Gasteiger partial charge in [0.2, 0.25) is 0 Å². The molecular weight excluding hydrogens is 389 g/mol. The number of benzene rings is 1. The van der Waals surface area contributed by atoms with E-state index in [0.717, 1.165) is 36.3 Å². The van der Waals surface area contributed by atoms with Crippen LogP contribution in [0, 0.1) is 5.82 Å². The van der Waals surface area contributed by atoms with E-state index in [1.54, 1.807) is 6.07 Å². The summed E-state index contributed by atoms with van der Waals surface area (Å²) in [5, 5.41) is 21.2. The molecule has 1 amide bonds. The normalized spacial score (nSPS) is 18.2. The van der Waals surface area contributed by atoms with Crippen LogP contribution < -0.4 is 5.32 Å². The highest BCUT2D eigenvalue weighted by Crippen LogP contribution is 2.41. The van der Waals surface area contributed by atoms with Gasteiger partial charge in [0.15, 0.2) is 0 Å². The van der Waals surface area contributed by atoms with Gasteiger partial charge in [-0.15, -0.1) is 0 Å². The number of aliphatic hydroxyl groups is 2. The highest BCUT2D eigenvalue weighted by molar-refractivity contribution is 6.36. The van der Waals surface area contributed by atoms with Crippen molar-refractivity contribution in [3.63, 3.8) is 0 Å². The number of nitrogens with one attached hydrogen (secondary N) is 1. The Morgan fingerprint density at radius 2 is 2.13 bits per heavy atom. The van der Waals surface area contributed by atoms with Crippen molar-refractivity contribution in [3.05, 3.63) is 58.7 Å². The number of carbonyl (C=O) groups excluding carboxylic acids is 1. The minimum Gasteiger partial charge on any atom is -0.486 e. The molecule has 7 nitrogen and oxygen atoms in total. The Balaban J connectivity index is 1.49. The van der Waals surface area contributed by atoms with Crippen LogP contribution in [0.3, 0.4) is 0 Å². The number of likely N-dealkylation sites (N-methyl/N-ethyl adjacent to an activating group) is 1. The van der Waals surface area contributed by atoms with Crippen LogP contribution in [0.5, 0.6) is 0 Å². The molecule has 4 rings (SSSR count). The molecule has 0 saturated carbocycles. The number of carbonyl (C=O) groups is 1. The van der Waals surface area contributed by atoms with Crippen LogP contribution in [0.2, 0.25) is 0 Å². The summed E-state index contributed by atoms with van der Waals surface area (Å²) in [6, 6.07) is 8.01. The van der Waals surface area contributed by atoms with E-state index in [9.17, 15) is 14.3 Å². The number of hydrogen-bond acceptors (Lipinski definition) is 6. The first kappa shape index (κ1) is 20.5. The number of ether oxygens (including phenoxy) is 1. The fourth-order valence-corrected chi connectivity index (χ4v) is 3.83. The van der Waals surface area contributed by atoms with E-state index < -0.39 is 11.9 Å². The van der Waals surface area contributed by atoms with Gasteiger partial charge in [0, 0.05) is 29.1 Å². The van der Waals surface area contributed by atoms with Crippen molar-refractivity contribution in [2.24, 2.45) is 0 Å². The molecule has 1 unspecified atom stereocenters. The van der Waals surface area contributed by atoms with Gasteiger partial charge >= 0.3 is 0 Å². The lowest BCUT2D eigenvalue weighted by atomic mass is 10.0. The molecule has 0 spiro atoms. The summed E-state index contributed by atoms with van der Waals surface area (Å²) >= 11 is 0. The van der Waals surface area contributed by atoms with Crippen LogP contribution in [0.1, 0.15) is 28.9 Å². The van der Waals surface area contributed by atoms with Gasteiger partial charge in [-0.05, 0) is 56.8 Å². The average molecular weight is 413 g/mol. The summed E-state index contributed by atoms with van der Waals surface area (Å²) in [4.78, 5) is 19.1. The molecule has 2 aliphatic heterocycles. The molecule has 1 aromatic carbocycles. The minimum absolute atomic E-state index is 0.246. The summed E-state index contributed by atoms with van der Waals surface area (Å²) in [7, 11) is 1.90. The van der Waals surface area contributed by atoms with Crippen LogP contribution in [0.25, 0.3) is 11.3 Å². The molecule has 0 saturated heterocycles. The van der Waals surface area contributed by atoms with Crippen LogP contribution in [0.4, 0.5) is 10.1 Å². The topological polar surface area (TPSA) is 94.9 Å². The molecular formula is C22H24FN3O4. The van der Waals surface area contributed by atoms with Gasteiger partial charge in [0.25, 0.3) is 5.91 Å². The molecule has 2 aliphatic rings. The van der Waals surface area contributed by atoms with Crippen LogP contribution in [-0.4, -0.2) is 58.9 Å². The van der Waals surface area contributed by atoms with Crippen LogP contribution in [-0.2, 0) is 22.6 Å². The fraction of sp³-hybridized carbons (Fsp3) is 0.364. The van der Waals surface area contributed by atoms with Crippen molar-refractivity contribution in [2.45, 2.75) is 25.6 Å². The highest BCUT2D eigenvalue weighted by atomic mass is 19.1. The van der Waals surface area contributed by atoms with Gasteiger partial charge < -0.3 is 25.2 Å². The lowest BCUT2D eigenvalue weighted by Crippen LogP contribution is -2.32. The van der Waals surface area contributed by atoms with Crippen LogP contribution >= 0.6 is 0 Å². The Morgan fingerprint density at radius 3 is 2.93 bits per heavy atom. The monoisotopic (exact) mass is 413 g/mol. The van der Waals surface area contributed by atoms with Gasteiger partial charge in [-0.2, -0.15) is 0 Å². The number of anilines is 1. The summed E-state index contributed by atoms with van der Waals surface area (Å²) < 4.78 is 19.5. The Kier molecular flexibility index (Phi) is 5.80. The zero-order chi connectivity index (χ0) is 21.3. The van der Waals surface area contributed by atoms with Gasteiger partial charge in [-0.25, -0.2) is 4.39 Å². The van der Waals surface area contributed by atoms with Gasteiger partial charge in [-0.3, -0.25) is 9.78 Å². The molecule has 0 bridgehead atoms. The SMILES string of the molecule is CN(CCCc1ccc2c(n1)COC2=C1C(=O)Nc2ccc(F)cc21)CC(O)CO. The smallest absolute Gasteiger partial charge is 0.260 e. The van der Waals surface area contributed by atoms with E-state index in [1.165, 1.54) is 12.1 Å². The van der Waals surface area contributed by atoms with Crippen molar-refractivity contribution in [1.82, 2.24) is 9.88 Å². The first-order chi connectivity index (χ1) is 14.5. The molecule has 158 valence electrons. The van der Waals surface area contributed by atoms with Gasteiger partial charge in [0.05, 0.1) is 24.0 Å². The molecule has 2 aromatic rings. The van der Waals surface area contributed by atoms with E-state index >= 15 is 0 Å². The van der Waals surface area contributed by atoms with Crippen molar-refractivity contribution in [1.29, 1.82) is 0 Å². The largest absolute Gasteiger partial charge is 0.486 e. The van der Waals surface area contributed by atoms with E-state index in [4.69, 9.17) is 9.84 Å². The zero-order valence-corrected chi connectivity index (χ0v) is 16.7. The minimum atomic E-state index is -0.733. The maximum Gasteiger partial charge on any atom is 0.260 e. The summed E-state index contributed by atoms with van der Waals surface area (Å²) in [6.07, 6.45) is 0.875. The Labute approximate surface area is 173 Å². The van der Waals surface area contributed by atoms with Crippen molar-refractivity contribution in [2.75, 3.05) is 32.1 Å². The second kappa shape index (κ2) is 8.51. The number of aromatic nitrogens is 1. The number of nitrogens with zero attached hydrogens (tertiary/aromatic N) is 2. The molecule has 0 aliphatic carbocycles. The number of rotatable bonds is 7. The first-order valence-electron chi connectivity index (χ1n) is 9.91. The molecule has 0 fully saturated rings. The number of pyridine rings is 1. The third kappa shape index (κ3) is 4.07. The number of aliphatic hydroxyl groups excluding tert-OH is 2. The Bertz CT molecular complexity index is 1010. The van der Waals surface area contributed by atoms with Crippen molar-refractivity contribution in [3.8, 4) is 0 Å². The van der Waals surface area contributed by atoms with E-state index in [2.05, 4.69) is 10.3 Å². The van der Waals surface area contributed by atoms with E-state index in [1.807, 2.05) is 24.1 Å². The molecule has 30 heavy (non-hydrogen) atoms. The maximum atomic E-state index is 13.7. The Morgan fingerprint density at radius 1 is 1.30 bits per heavy atom. The highest BCUT2D eigenvalue weighted by Gasteiger charge is 2.33. The standard InChI is InChI=1S/C22H24FN3O4/c1-26(10-15(28)11-27)8-2-3-14-5-6-16-19(24-14)12-30-21(16)20-17-9-13(23)4-7-18(17)25-22(20)29/h4-7,9,15,27-28H,2-3,8,10-12H2,1H3,(H,25,29). The predicted molar refractivity (Wildman–Crippen MR) is 110 cm³/mol.